The van der Waals surface area contributed by atoms with Crippen molar-refractivity contribution in [3.8, 4) is 16.9 Å². The molecule has 0 radical (unpaired) electrons. The molecule has 0 fully saturated rings. The first-order chi connectivity index (χ1) is 14.5. The molecule has 0 bridgehead atoms. The molecule has 31 heavy (non-hydrogen) atoms. The van der Waals surface area contributed by atoms with Crippen LogP contribution in [0.4, 0.5) is 4.39 Å². The molecule has 0 aliphatic heterocycles. The summed E-state index contributed by atoms with van der Waals surface area (Å²) < 4.78 is 14.7. The lowest BCUT2D eigenvalue weighted by Gasteiger charge is -2.29. The number of nitrogens with one attached hydrogen (secondary N) is 1. The maximum atomic E-state index is 13.8. The Labute approximate surface area is 188 Å². The number of aliphatic hydroxyl groups is 1. The minimum atomic E-state index is -1.000. The van der Waals surface area contributed by atoms with E-state index in [0.717, 1.165) is 10.7 Å². The van der Waals surface area contributed by atoms with Gasteiger partial charge in [-0.3, -0.25) is 9.59 Å². The van der Waals surface area contributed by atoms with Gasteiger partial charge in [0.2, 0.25) is 0 Å². The monoisotopic (exact) mass is 463 g/mol. The van der Waals surface area contributed by atoms with Crippen molar-refractivity contribution in [2.24, 2.45) is 0 Å². The van der Waals surface area contributed by atoms with E-state index < -0.39 is 28.9 Å². The predicted molar refractivity (Wildman–Crippen MR) is 118 cm³/mol. The number of carbonyl (C=O) groups is 1. The topological polar surface area (TPSA) is 84.2 Å². The largest absolute Gasteiger partial charge is 0.391 e. The summed E-state index contributed by atoms with van der Waals surface area (Å²) in [6.45, 7) is 4.78. The molecule has 1 atom stereocenters. The first-order valence-corrected chi connectivity index (χ1v) is 10.1. The van der Waals surface area contributed by atoms with Gasteiger partial charge in [-0.15, -0.1) is 0 Å². The smallest absolute Gasteiger partial charge is 0.284 e. The van der Waals surface area contributed by atoms with Crippen LogP contribution < -0.4 is 10.9 Å². The molecule has 3 rings (SSSR count). The molecular weight excluding hydrogens is 444 g/mol. The number of rotatable bonds is 5. The van der Waals surface area contributed by atoms with Gasteiger partial charge in [-0.25, -0.2) is 4.39 Å². The van der Waals surface area contributed by atoms with E-state index in [1.165, 1.54) is 31.2 Å². The fourth-order valence-electron chi connectivity index (χ4n) is 2.70. The quantitative estimate of drug-likeness (QED) is 0.592. The molecule has 0 saturated heterocycles. The van der Waals surface area contributed by atoms with Gasteiger partial charge < -0.3 is 10.4 Å². The van der Waals surface area contributed by atoms with Crippen LogP contribution in [-0.4, -0.2) is 32.4 Å². The van der Waals surface area contributed by atoms with Crippen LogP contribution in [0.3, 0.4) is 0 Å². The van der Waals surface area contributed by atoms with Crippen LogP contribution in [0.25, 0.3) is 16.9 Å². The molecule has 6 nitrogen and oxygen atoms in total. The highest BCUT2D eigenvalue weighted by Gasteiger charge is 2.28. The first-order valence-electron chi connectivity index (χ1n) is 9.36. The number of hydrogen-bond acceptors (Lipinski definition) is 4. The number of nitrogens with zero attached hydrogens (tertiary/aromatic N) is 2. The summed E-state index contributed by atoms with van der Waals surface area (Å²) in [5, 5.41) is 17.5. The van der Waals surface area contributed by atoms with Crippen molar-refractivity contribution < 1.29 is 14.3 Å². The van der Waals surface area contributed by atoms with Gasteiger partial charge in [0, 0.05) is 5.56 Å². The highest BCUT2D eigenvalue weighted by atomic mass is 35.5. The standard InChI is InChI=1S/C22H20Cl2FN3O3/c1-12(29)22(2,3)26-20(30)16-11-19(13-7-8-17(23)18(24)9-13)27-28(21(16)31)15-6-4-5-14(25)10-15/h4-12,29H,1-3H3,(H,26,30). The molecule has 0 saturated carbocycles. The van der Waals surface area contributed by atoms with E-state index >= 15 is 0 Å². The van der Waals surface area contributed by atoms with Gasteiger partial charge >= 0.3 is 0 Å². The minimum absolute atomic E-state index is 0.149. The molecule has 1 unspecified atom stereocenters. The SMILES string of the molecule is CC(O)C(C)(C)NC(=O)c1cc(-c2ccc(Cl)c(Cl)c2)nn(-c2cccc(F)c2)c1=O. The Morgan fingerprint density at radius 2 is 1.87 bits per heavy atom. The van der Waals surface area contributed by atoms with Gasteiger partial charge in [0.05, 0.1) is 33.1 Å². The third-order valence-electron chi connectivity index (χ3n) is 4.90. The summed E-state index contributed by atoms with van der Waals surface area (Å²) in [5.74, 6) is -1.27. The molecule has 1 aromatic heterocycles. The second kappa shape index (κ2) is 8.78. The lowest BCUT2D eigenvalue weighted by Crippen LogP contribution is -2.52. The zero-order valence-electron chi connectivity index (χ0n) is 17.0. The van der Waals surface area contributed by atoms with Crippen LogP contribution in [0.2, 0.25) is 10.0 Å². The van der Waals surface area contributed by atoms with Crippen molar-refractivity contribution in [2.45, 2.75) is 32.4 Å². The number of carbonyl (C=O) groups excluding carboxylic acids is 1. The summed E-state index contributed by atoms with van der Waals surface area (Å²) >= 11 is 12.1. The van der Waals surface area contributed by atoms with Crippen molar-refractivity contribution in [2.75, 3.05) is 0 Å². The highest BCUT2D eigenvalue weighted by molar-refractivity contribution is 6.42. The first kappa shape index (κ1) is 22.9. The number of halogens is 3. The molecular formula is C22H20Cl2FN3O3. The van der Waals surface area contributed by atoms with E-state index in [9.17, 15) is 19.1 Å². The summed E-state index contributed by atoms with van der Waals surface area (Å²) in [5.41, 5.74) is -1.07. The average molecular weight is 464 g/mol. The summed E-state index contributed by atoms with van der Waals surface area (Å²) in [4.78, 5) is 26.0. The Kier molecular flexibility index (Phi) is 6.50. The van der Waals surface area contributed by atoms with Crippen molar-refractivity contribution in [1.82, 2.24) is 15.1 Å². The molecule has 1 amide bonds. The van der Waals surface area contributed by atoms with Crippen LogP contribution in [0.5, 0.6) is 0 Å². The molecule has 0 aliphatic rings. The predicted octanol–water partition coefficient (Wildman–Crippen LogP) is 4.23. The molecule has 162 valence electrons. The third-order valence-corrected chi connectivity index (χ3v) is 5.64. The van der Waals surface area contributed by atoms with Gasteiger partial charge in [0.1, 0.15) is 11.4 Å². The van der Waals surface area contributed by atoms with Crippen LogP contribution in [0, 0.1) is 5.82 Å². The van der Waals surface area contributed by atoms with Crippen molar-refractivity contribution in [3.63, 3.8) is 0 Å². The van der Waals surface area contributed by atoms with Crippen molar-refractivity contribution in [1.29, 1.82) is 0 Å². The molecule has 1 heterocycles. The average Bonchev–Trinajstić information content (AvgIpc) is 2.69. The van der Waals surface area contributed by atoms with Crippen molar-refractivity contribution in [3.05, 3.63) is 80.3 Å². The zero-order valence-corrected chi connectivity index (χ0v) is 18.5. The molecule has 3 aromatic rings. The molecule has 0 aliphatic carbocycles. The maximum absolute atomic E-state index is 13.8. The maximum Gasteiger partial charge on any atom is 0.284 e. The summed E-state index contributed by atoms with van der Waals surface area (Å²) in [7, 11) is 0. The Bertz CT molecular complexity index is 1210. The number of benzene rings is 2. The van der Waals surface area contributed by atoms with E-state index in [2.05, 4.69) is 10.4 Å². The van der Waals surface area contributed by atoms with Gasteiger partial charge in [0.15, 0.2) is 0 Å². The van der Waals surface area contributed by atoms with Crippen LogP contribution in [0.1, 0.15) is 31.1 Å². The lowest BCUT2D eigenvalue weighted by atomic mass is 9.98. The lowest BCUT2D eigenvalue weighted by molar-refractivity contribution is 0.0707. The van der Waals surface area contributed by atoms with E-state index in [-0.39, 0.29) is 22.0 Å². The van der Waals surface area contributed by atoms with E-state index in [1.54, 1.807) is 32.0 Å². The summed E-state index contributed by atoms with van der Waals surface area (Å²) in [6, 6.07) is 11.4. The van der Waals surface area contributed by atoms with Crippen LogP contribution in [-0.2, 0) is 0 Å². The number of hydrogen-bond donors (Lipinski definition) is 2. The van der Waals surface area contributed by atoms with Gasteiger partial charge in [-0.1, -0.05) is 35.3 Å². The Morgan fingerprint density at radius 3 is 2.48 bits per heavy atom. The normalized spacial score (nSPS) is 12.5. The van der Waals surface area contributed by atoms with E-state index in [1.807, 2.05) is 0 Å². The third kappa shape index (κ3) is 4.95. The second-order valence-corrected chi connectivity index (χ2v) is 8.44. The fraction of sp³-hybridized carbons (Fsp3) is 0.227. The van der Waals surface area contributed by atoms with Gasteiger partial charge in [-0.05, 0) is 57.2 Å². The Hall–Kier alpha value is -2.74. The fourth-order valence-corrected chi connectivity index (χ4v) is 3.00. The molecule has 0 spiro atoms. The van der Waals surface area contributed by atoms with Crippen LogP contribution >= 0.6 is 23.2 Å². The molecule has 2 N–H and O–H groups in total. The number of aliphatic hydroxyl groups excluding tert-OH is 1. The Morgan fingerprint density at radius 1 is 1.16 bits per heavy atom. The zero-order chi connectivity index (χ0) is 22.9. The van der Waals surface area contributed by atoms with Crippen LogP contribution in [0.15, 0.2) is 53.3 Å². The Balaban J connectivity index is 2.22. The van der Waals surface area contributed by atoms with Gasteiger partial charge in [0.25, 0.3) is 11.5 Å². The van der Waals surface area contributed by atoms with E-state index in [0.29, 0.717) is 10.6 Å². The van der Waals surface area contributed by atoms with Gasteiger partial charge in [-0.2, -0.15) is 9.78 Å². The number of amides is 1. The second-order valence-electron chi connectivity index (χ2n) is 7.62. The highest BCUT2D eigenvalue weighted by Crippen LogP contribution is 2.28. The molecule has 2 aromatic carbocycles. The molecule has 9 heteroatoms. The van der Waals surface area contributed by atoms with E-state index in [4.69, 9.17) is 23.2 Å². The summed E-state index contributed by atoms with van der Waals surface area (Å²) in [6.07, 6.45) is -0.877. The number of aromatic nitrogens is 2. The minimum Gasteiger partial charge on any atom is -0.391 e. The van der Waals surface area contributed by atoms with Crippen molar-refractivity contribution >= 4 is 29.1 Å².